The Kier molecular flexibility index (Phi) is 9.33. The predicted octanol–water partition coefficient (Wildman–Crippen LogP) is 6.58. The lowest BCUT2D eigenvalue weighted by Gasteiger charge is -2.36. The van der Waals surface area contributed by atoms with E-state index in [1.165, 1.54) is 6.07 Å². The van der Waals surface area contributed by atoms with Gasteiger partial charge in [-0.2, -0.15) is 0 Å². The fourth-order valence-corrected chi connectivity index (χ4v) is 2.75. The van der Waals surface area contributed by atoms with Crippen molar-refractivity contribution in [2.75, 3.05) is 11.9 Å². The molecule has 122 valence electrons. The van der Waals surface area contributed by atoms with Crippen molar-refractivity contribution in [3.05, 3.63) is 34.6 Å². The predicted molar refractivity (Wildman–Crippen MR) is 97.7 cm³/mol. The van der Waals surface area contributed by atoms with Crippen LogP contribution in [0.25, 0.3) is 0 Å². The first-order valence-electron chi connectivity index (χ1n) is 7.13. The van der Waals surface area contributed by atoms with Crippen molar-refractivity contribution in [1.29, 1.82) is 0 Å². The standard InChI is InChI=1S/C9H21BrOSi.C7H6ClF/c1-9(2,3)12(4,5)11-8-6-7-10;1-5-2-3-7(9)6(8)4-5/h6-8H2,1-5H3;2-4H,1H3. The molecule has 0 aliphatic rings. The summed E-state index contributed by atoms with van der Waals surface area (Å²) in [5.74, 6) is -0.359. The molecule has 0 bridgehead atoms. The van der Waals surface area contributed by atoms with E-state index in [0.29, 0.717) is 5.04 Å². The van der Waals surface area contributed by atoms with Crippen LogP contribution < -0.4 is 0 Å². The van der Waals surface area contributed by atoms with Crippen molar-refractivity contribution >= 4 is 35.8 Å². The topological polar surface area (TPSA) is 9.23 Å². The first-order valence-corrected chi connectivity index (χ1v) is 11.5. The summed E-state index contributed by atoms with van der Waals surface area (Å²) in [6.07, 6.45) is 1.12. The molecular weight excluding hydrogens is 371 g/mol. The fourth-order valence-electron chi connectivity index (χ4n) is 1.20. The molecule has 0 fully saturated rings. The van der Waals surface area contributed by atoms with Crippen LogP contribution in [0.3, 0.4) is 0 Å². The number of aryl methyl sites for hydroxylation is 1. The fraction of sp³-hybridized carbons (Fsp3) is 0.625. The monoisotopic (exact) mass is 396 g/mol. The minimum atomic E-state index is -1.46. The third-order valence-corrected chi connectivity index (χ3v) is 9.01. The highest BCUT2D eigenvalue weighted by Crippen LogP contribution is 2.36. The Bertz CT molecular complexity index is 433. The normalized spacial score (nSPS) is 11.9. The summed E-state index contributed by atoms with van der Waals surface area (Å²) in [6, 6.07) is 4.63. The third-order valence-electron chi connectivity index (χ3n) is 3.62. The van der Waals surface area contributed by atoms with E-state index in [4.69, 9.17) is 16.0 Å². The number of rotatable bonds is 4. The van der Waals surface area contributed by atoms with Gasteiger partial charge in [0.2, 0.25) is 0 Å². The van der Waals surface area contributed by atoms with Gasteiger partial charge in [0, 0.05) is 11.9 Å². The Labute approximate surface area is 143 Å². The molecule has 0 saturated carbocycles. The lowest BCUT2D eigenvalue weighted by Crippen LogP contribution is -2.41. The van der Waals surface area contributed by atoms with Gasteiger partial charge in [0.15, 0.2) is 8.32 Å². The molecule has 1 aromatic rings. The maximum absolute atomic E-state index is 12.4. The van der Waals surface area contributed by atoms with Gasteiger partial charge >= 0.3 is 0 Å². The molecule has 0 atom stereocenters. The molecule has 0 aliphatic heterocycles. The van der Waals surface area contributed by atoms with Crippen LogP contribution in [-0.2, 0) is 4.43 Å². The molecule has 0 heterocycles. The molecule has 0 unspecified atom stereocenters. The van der Waals surface area contributed by atoms with Gasteiger partial charge in [-0.05, 0) is 49.2 Å². The summed E-state index contributed by atoms with van der Waals surface area (Å²) in [4.78, 5) is 0. The van der Waals surface area contributed by atoms with Crippen LogP contribution in [0.2, 0.25) is 23.2 Å². The molecule has 0 radical (unpaired) electrons. The second-order valence-electron chi connectivity index (χ2n) is 6.57. The van der Waals surface area contributed by atoms with E-state index in [2.05, 4.69) is 49.8 Å². The highest BCUT2D eigenvalue weighted by molar-refractivity contribution is 9.09. The maximum atomic E-state index is 12.4. The molecule has 1 nitrogen and oxygen atoms in total. The van der Waals surface area contributed by atoms with Crippen LogP contribution in [0.5, 0.6) is 0 Å². The summed E-state index contributed by atoms with van der Waals surface area (Å²) in [6.45, 7) is 14.2. The Hall–Kier alpha value is 0.0969. The van der Waals surface area contributed by atoms with Gasteiger partial charge in [0.05, 0.1) is 5.02 Å². The zero-order valence-corrected chi connectivity index (χ0v) is 17.2. The minimum absolute atomic E-state index is 0.190. The Morgan fingerprint density at radius 2 is 1.86 bits per heavy atom. The van der Waals surface area contributed by atoms with Crippen molar-refractivity contribution in [2.24, 2.45) is 0 Å². The van der Waals surface area contributed by atoms with Gasteiger partial charge < -0.3 is 4.43 Å². The highest BCUT2D eigenvalue weighted by atomic mass is 79.9. The Balaban J connectivity index is 0.000000394. The summed E-state index contributed by atoms with van der Waals surface area (Å²) in [7, 11) is -1.46. The summed E-state index contributed by atoms with van der Waals surface area (Å²) < 4.78 is 18.3. The number of hydrogen-bond acceptors (Lipinski definition) is 1. The second-order valence-corrected chi connectivity index (χ2v) is 12.6. The van der Waals surface area contributed by atoms with Crippen molar-refractivity contribution < 1.29 is 8.82 Å². The van der Waals surface area contributed by atoms with E-state index in [9.17, 15) is 4.39 Å². The van der Waals surface area contributed by atoms with E-state index >= 15 is 0 Å². The molecule has 0 aromatic heterocycles. The quantitative estimate of drug-likeness (QED) is 0.317. The first-order chi connectivity index (χ1) is 9.51. The van der Waals surface area contributed by atoms with Crippen molar-refractivity contribution in [3.63, 3.8) is 0 Å². The van der Waals surface area contributed by atoms with E-state index < -0.39 is 8.32 Å². The summed E-state index contributed by atoms with van der Waals surface area (Å²) >= 11 is 8.84. The molecule has 0 spiro atoms. The Morgan fingerprint density at radius 3 is 2.24 bits per heavy atom. The minimum Gasteiger partial charge on any atom is -0.417 e. The molecule has 1 rings (SSSR count). The molecule has 1 aromatic carbocycles. The number of benzene rings is 1. The van der Waals surface area contributed by atoms with Crippen LogP contribution in [-0.4, -0.2) is 20.3 Å². The lowest BCUT2D eigenvalue weighted by molar-refractivity contribution is 0.289. The molecule has 0 aliphatic carbocycles. The Morgan fingerprint density at radius 1 is 1.29 bits per heavy atom. The van der Waals surface area contributed by atoms with Crippen LogP contribution in [0, 0.1) is 12.7 Å². The van der Waals surface area contributed by atoms with E-state index in [1.54, 1.807) is 12.1 Å². The van der Waals surface area contributed by atoms with E-state index in [1.807, 2.05) is 6.92 Å². The second kappa shape index (κ2) is 9.28. The first kappa shape index (κ1) is 21.1. The van der Waals surface area contributed by atoms with E-state index in [-0.39, 0.29) is 10.8 Å². The van der Waals surface area contributed by atoms with Crippen LogP contribution >= 0.6 is 27.5 Å². The summed E-state index contributed by atoms with van der Waals surface area (Å²) in [5.41, 5.74) is 0.974. The molecular formula is C16H27BrClFOSi. The highest BCUT2D eigenvalue weighted by Gasteiger charge is 2.36. The molecule has 0 amide bonds. The molecule has 5 heteroatoms. The maximum Gasteiger partial charge on any atom is 0.191 e. The third kappa shape index (κ3) is 8.34. The largest absolute Gasteiger partial charge is 0.417 e. The molecule has 0 N–H and O–H groups in total. The van der Waals surface area contributed by atoms with E-state index in [0.717, 1.165) is 23.9 Å². The summed E-state index contributed by atoms with van der Waals surface area (Å²) in [5, 5.41) is 1.58. The lowest BCUT2D eigenvalue weighted by atomic mass is 10.2. The SMILES string of the molecule is CC(C)(C)[Si](C)(C)OCCCBr.Cc1ccc(F)c(Cl)c1. The van der Waals surface area contributed by atoms with Gasteiger partial charge in [-0.25, -0.2) is 4.39 Å². The number of halogens is 3. The van der Waals surface area contributed by atoms with Crippen LogP contribution in [0.15, 0.2) is 18.2 Å². The average Bonchev–Trinajstić information content (AvgIpc) is 2.34. The zero-order chi connectivity index (χ0) is 16.7. The van der Waals surface area contributed by atoms with Gasteiger partial charge in [-0.15, -0.1) is 0 Å². The van der Waals surface area contributed by atoms with Crippen LogP contribution in [0.1, 0.15) is 32.8 Å². The molecule has 21 heavy (non-hydrogen) atoms. The molecule has 0 saturated heterocycles. The number of hydrogen-bond donors (Lipinski definition) is 0. The van der Waals surface area contributed by atoms with Crippen molar-refractivity contribution in [1.82, 2.24) is 0 Å². The average molecular weight is 398 g/mol. The van der Waals surface area contributed by atoms with Crippen molar-refractivity contribution in [2.45, 2.75) is 52.2 Å². The number of alkyl halides is 1. The van der Waals surface area contributed by atoms with Gasteiger partial charge in [0.1, 0.15) is 5.82 Å². The van der Waals surface area contributed by atoms with Gasteiger partial charge in [0.25, 0.3) is 0 Å². The van der Waals surface area contributed by atoms with Gasteiger partial charge in [-0.1, -0.05) is 54.4 Å². The van der Waals surface area contributed by atoms with Crippen LogP contribution in [0.4, 0.5) is 4.39 Å². The van der Waals surface area contributed by atoms with Crippen molar-refractivity contribution in [3.8, 4) is 0 Å². The smallest absolute Gasteiger partial charge is 0.191 e. The zero-order valence-electron chi connectivity index (χ0n) is 13.9. The van der Waals surface area contributed by atoms with Gasteiger partial charge in [-0.3, -0.25) is 0 Å².